The molecule has 2 aliphatic rings. The lowest BCUT2D eigenvalue weighted by Crippen LogP contribution is -2.36. The second-order valence-corrected chi connectivity index (χ2v) is 9.06. The molecule has 164 valence electrons. The Morgan fingerprint density at radius 2 is 1.45 bits per heavy atom. The van der Waals surface area contributed by atoms with Crippen LogP contribution in [0.3, 0.4) is 0 Å². The molecule has 0 aromatic heterocycles. The zero-order valence-corrected chi connectivity index (χ0v) is 18.7. The number of carbonyl (C=O) groups excluding carboxylic acids is 2. The molecule has 2 aromatic carbocycles. The molecule has 0 atom stereocenters. The van der Waals surface area contributed by atoms with E-state index in [2.05, 4.69) is 12.1 Å². The molecule has 2 aromatic rings. The zero-order valence-electron chi connectivity index (χ0n) is 18.7. The van der Waals surface area contributed by atoms with E-state index in [0.717, 1.165) is 74.0 Å². The van der Waals surface area contributed by atoms with Crippen LogP contribution in [0, 0.1) is 12.8 Å². The summed E-state index contributed by atoms with van der Waals surface area (Å²) in [5.41, 5.74) is 3.84. The van der Waals surface area contributed by atoms with Crippen LogP contribution in [-0.2, 0) is 11.3 Å². The van der Waals surface area contributed by atoms with Gasteiger partial charge in [-0.25, -0.2) is 0 Å². The van der Waals surface area contributed by atoms with Gasteiger partial charge in [-0.15, -0.1) is 0 Å². The van der Waals surface area contributed by atoms with E-state index < -0.39 is 0 Å². The van der Waals surface area contributed by atoms with Gasteiger partial charge in [0, 0.05) is 36.8 Å². The van der Waals surface area contributed by atoms with Crippen molar-refractivity contribution >= 4 is 17.5 Å². The van der Waals surface area contributed by atoms with Gasteiger partial charge in [0.1, 0.15) is 0 Å². The maximum atomic E-state index is 13.5. The van der Waals surface area contributed by atoms with Crippen molar-refractivity contribution in [2.45, 2.75) is 64.8 Å². The van der Waals surface area contributed by atoms with Crippen LogP contribution in [-0.4, -0.2) is 29.8 Å². The average Bonchev–Trinajstić information content (AvgIpc) is 3.62. The zero-order chi connectivity index (χ0) is 21.6. The minimum absolute atomic E-state index is 0.0860. The summed E-state index contributed by atoms with van der Waals surface area (Å²) < 4.78 is 0. The standard InChI is InChI=1S/C27H34N2O2/c1-21-12-6-8-14-24(21)27(31)28-18-10-4-2-3-5-11-19-29(26(30)22-16-17-22)25-15-9-7-13-23(25)20-28/h6-9,12-15,22H,2-5,10-11,16-20H2,1H3. The summed E-state index contributed by atoms with van der Waals surface area (Å²) in [7, 11) is 0. The van der Waals surface area contributed by atoms with Gasteiger partial charge in [0.25, 0.3) is 5.91 Å². The normalized spacial score (nSPS) is 18.4. The molecule has 0 unspecified atom stereocenters. The number of hydrogen-bond acceptors (Lipinski definition) is 2. The third-order valence-corrected chi connectivity index (χ3v) is 6.56. The van der Waals surface area contributed by atoms with E-state index in [1.807, 2.05) is 53.1 Å². The van der Waals surface area contributed by atoms with Crippen LogP contribution >= 0.6 is 0 Å². The number of rotatable bonds is 2. The van der Waals surface area contributed by atoms with Crippen LogP contribution in [0.1, 0.15) is 72.9 Å². The minimum atomic E-state index is 0.0860. The van der Waals surface area contributed by atoms with Crippen molar-refractivity contribution in [3.8, 4) is 0 Å². The molecular weight excluding hydrogens is 384 g/mol. The molecule has 0 radical (unpaired) electrons. The van der Waals surface area contributed by atoms with E-state index in [1.54, 1.807) is 0 Å². The average molecular weight is 419 g/mol. The summed E-state index contributed by atoms with van der Waals surface area (Å²) >= 11 is 0. The molecule has 1 heterocycles. The number of nitrogens with zero attached hydrogens (tertiary/aromatic N) is 2. The molecule has 0 N–H and O–H groups in total. The van der Waals surface area contributed by atoms with Crippen LogP contribution in [0.5, 0.6) is 0 Å². The molecule has 4 nitrogen and oxygen atoms in total. The van der Waals surface area contributed by atoms with Gasteiger partial charge in [-0.1, -0.05) is 62.1 Å². The molecule has 4 rings (SSSR count). The fourth-order valence-electron chi connectivity index (χ4n) is 4.53. The molecule has 31 heavy (non-hydrogen) atoms. The van der Waals surface area contributed by atoms with Gasteiger partial charge < -0.3 is 9.80 Å². The first-order valence-corrected chi connectivity index (χ1v) is 11.9. The Morgan fingerprint density at radius 1 is 0.806 bits per heavy atom. The first kappa shape index (κ1) is 21.6. The molecule has 0 bridgehead atoms. The highest BCUT2D eigenvalue weighted by atomic mass is 16.2. The third kappa shape index (κ3) is 5.36. The minimum Gasteiger partial charge on any atom is -0.334 e. The Bertz CT molecular complexity index is 919. The fraction of sp³-hybridized carbons (Fsp3) is 0.481. The van der Waals surface area contributed by atoms with Crippen LogP contribution in [0.4, 0.5) is 5.69 Å². The van der Waals surface area contributed by atoms with Crippen molar-refractivity contribution in [3.05, 3.63) is 65.2 Å². The van der Waals surface area contributed by atoms with Gasteiger partial charge in [0.05, 0.1) is 0 Å². The predicted molar refractivity (Wildman–Crippen MR) is 125 cm³/mol. The van der Waals surface area contributed by atoms with E-state index >= 15 is 0 Å². The van der Waals surface area contributed by atoms with Crippen molar-refractivity contribution < 1.29 is 9.59 Å². The van der Waals surface area contributed by atoms with Crippen LogP contribution in [0.15, 0.2) is 48.5 Å². The van der Waals surface area contributed by atoms with Crippen LogP contribution < -0.4 is 4.90 Å². The highest BCUT2D eigenvalue weighted by molar-refractivity contribution is 5.98. The van der Waals surface area contributed by atoms with Crippen LogP contribution in [0.2, 0.25) is 0 Å². The molecule has 1 aliphatic carbocycles. The number of amides is 2. The summed E-state index contributed by atoms with van der Waals surface area (Å²) in [6.45, 7) is 4.06. The quantitative estimate of drug-likeness (QED) is 0.624. The van der Waals surface area contributed by atoms with E-state index in [4.69, 9.17) is 0 Å². The molecular formula is C27H34N2O2. The number of aryl methyl sites for hydroxylation is 1. The number of para-hydroxylation sites is 1. The largest absolute Gasteiger partial charge is 0.334 e. The predicted octanol–water partition coefficient (Wildman–Crippen LogP) is 5.73. The maximum Gasteiger partial charge on any atom is 0.254 e. The van der Waals surface area contributed by atoms with Gasteiger partial charge in [-0.2, -0.15) is 0 Å². The lowest BCUT2D eigenvalue weighted by molar-refractivity contribution is -0.119. The molecule has 4 heteroatoms. The summed E-state index contributed by atoms with van der Waals surface area (Å²) in [5.74, 6) is 0.537. The molecule has 2 amide bonds. The lowest BCUT2D eigenvalue weighted by Gasteiger charge is -2.29. The van der Waals surface area contributed by atoms with E-state index in [1.165, 1.54) is 12.8 Å². The number of carbonyl (C=O) groups is 2. The van der Waals surface area contributed by atoms with Gasteiger partial charge in [-0.3, -0.25) is 9.59 Å². The molecule has 1 aliphatic heterocycles. The maximum absolute atomic E-state index is 13.5. The summed E-state index contributed by atoms with van der Waals surface area (Å²) in [6.07, 6.45) is 8.76. The highest BCUT2D eigenvalue weighted by Gasteiger charge is 2.34. The topological polar surface area (TPSA) is 40.6 Å². The third-order valence-electron chi connectivity index (χ3n) is 6.56. The first-order chi connectivity index (χ1) is 15.1. The monoisotopic (exact) mass is 418 g/mol. The summed E-state index contributed by atoms with van der Waals surface area (Å²) in [6, 6.07) is 16.0. The van der Waals surface area contributed by atoms with Gasteiger partial charge >= 0.3 is 0 Å². The number of anilines is 1. The Morgan fingerprint density at radius 3 is 2.19 bits per heavy atom. The fourth-order valence-corrected chi connectivity index (χ4v) is 4.53. The first-order valence-electron chi connectivity index (χ1n) is 11.9. The Labute approximate surface area is 186 Å². The highest BCUT2D eigenvalue weighted by Crippen LogP contribution is 2.34. The Kier molecular flexibility index (Phi) is 7.06. The molecule has 1 saturated carbocycles. The van der Waals surface area contributed by atoms with Crippen molar-refractivity contribution in [2.75, 3.05) is 18.0 Å². The van der Waals surface area contributed by atoms with Crippen LogP contribution in [0.25, 0.3) is 0 Å². The summed E-state index contributed by atoms with van der Waals surface area (Å²) in [4.78, 5) is 30.6. The van der Waals surface area contributed by atoms with E-state index in [0.29, 0.717) is 6.54 Å². The summed E-state index contributed by atoms with van der Waals surface area (Å²) in [5, 5.41) is 0. The number of benzene rings is 2. The van der Waals surface area contributed by atoms with Crippen molar-refractivity contribution in [3.63, 3.8) is 0 Å². The number of fused-ring (bicyclic) bond motifs is 1. The molecule has 0 saturated heterocycles. The van der Waals surface area contributed by atoms with E-state index in [9.17, 15) is 9.59 Å². The smallest absolute Gasteiger partial charge is 0.254 e. The number of hydrogen-bond donors (Lipinski definition) is 0. The second kappa shape index (κ2) is 10.1. The molecule has 1 fully saturated rings. The van der Waals surface area contributed by atoms with Gasteiger partial charge in [-0.05, 0) is 55.9 Å². The van der Waals surface area contributed by atoms with Crippen molar-refractivity contribution in [1.29, 1.82) is 0 Å². The molecule has 0 spiro atoms. The Hall–Kier alpha value is -2.62. The van der Waals surface area contributed by atoms with Gasteiger partial charge in [0.15, 0.2) is 0 Å². The Balaban J connectivity index is 1.66. The van der Waals surface area contributed by atoms with Crippen molar-refractivity contribution in [1.82, 2.24) is 4.90 Å². The van der Waals surface area contributed by atoms with Gasteiger partial charge in [0.2, 0.25) is 5.91 Å². The van der Waals surface area contributed by atoms with Crippen molar-refractivity contribution in [2.24, 2.45) is 5.92 Å². The lowest BCUT2D eigenvalue weighted by atomic mass is 10.1. The van der Waals surface area contributed by atoms with E-state index in [-0.39, 0.29) is 17.7 Å². The second-order valence-electron chi connectivity index (χ2n) is 9.06. The SMILES string of the molecule is Cc1ccccc1C(=O)N1CCCCCCCCN(C(=O)C2CC2)c2ccccc2C1.